The van der Waals surface area contributed by atoms with Crippen LogP contribution in [-0.4, -0.2) is 19.2 Å². The van der Waals surface area contributed by atoms with Crippen molar-refractivity contribution in [3.63, 3.8) is 0 Å². The van der Waals surface area contributed by atoms with Gasteiger partial charge in [-0.1, -0.05) is 12.1 Å². The van der Waals surface area contributed by atoms with Crippen molar-refractivity contribution in [2.75, 3.05) is 18.1 Å². The molecule has 1 aliphatic rings. The normalized spacial score (nSPS) is 13.9. The largest absolute Gasteiger partial charge is 0.449 e. The van der Waals surface area contributed by atoms with Crippen LogP contribution in [0.4, 0.5) is 10.5 Å². The van der Waals surface area contributed by atoms with Gasteiger partial charge in [-0.15, -0.1) is 0 Å². The van der Waals surface area contributed by atoms with Crippen molar-refractivity contribution in [3.8, 4) is 0 Å². The lowest BCUT2D eigenvalue weighted by atomic mass is 10.2. The van der Waals surface area contributed by atoms with E-state index in [4.69, 9.17) is 4.74 Å². The van der Waals surface area contributed by atoms with Crippen LogP contribution in [0.25, 0.3) is 0 Å². The molecule has 0 atom stereocenters. The Balaban J connectivity index is 2.21. The van der Waals surface area contributed by atoms with Crippen LogP contribution in [0.1, 0.15) is 12.5 Å². The summed E-state index contributed by atoms with van der Waals surface area (Å²) in [5, 5.41) is 0. The molecule has 2 rings (SSSR count). The molecule has 1 heterocycles. The van der Waals surface area contributed by atoms with Gasteiger partial charge in [0.1, 0.15) is 0 Å². The number of hydrogen-bond acceptors (Lipinski definition) is 2. The molecule has 3 heteroatoms. The molecular weight excluding hydrogens is 178 g/mol. The Hall–Kier alpha value is -1.51. The zero-order chi connectivity index (χ0) is 9.97. The molecule has 0 saturated carbocycles. The van der Waals surface area contributed by atoms with E-state index < -0.39 is 0 Å². The maximum absolute atomic E-state index is 11.5. The van der Waals surface area contributed by atoms with Crippen LogP contribution in [0.15, 0.2) is 18.2 Å². The Morgan fingerprint density at radius 2 is 2.57 bits per heavy atom. The van der Waals surface area contributed by atoms with Crippen LogP contribution in [0.5, 0.6) is 0 Å². The molecule has 0 N–H and O–H groups in total. The molecule has 0 unspecified atom stereocenters. The molecule has 1 radical (unpaired) electrons. The molecule has 0 saturated heterocycles. The Morgan fingerprint density at radius 1 is 1.71 bits per heavy atom. The molecule has 73 valence electrons. The Bertz CT molecular complexity index is 349. The van der Waals surface area contributed by atoms with E-state index in [1.165, 1.54) is 0 Å². The van der Waals surface area contributed by atoms with E-state index in [9.17, 15) is 4.79 Å². The summed E-state index contributed by atoms with van der Waals surface area (Å²) < 4.78 is 4.96. The van der Waals surface area contributed by atoms with Gasteiger partial charge in [0.15, 0.2) is 0 Å². The lowest BCUT2D eigenvalue weighted by Gasteiger charge is -2.15. The summed E-state index contributed by atoms with van der Waals surface area (Å²) >= 11 is 0. The quantitative estimate of drug-likeness (QED) is 0.678. The van der Waals surface area contributed by atoms with E-state index >= 15 is 0 Å². The fraction of sp³-hybridized carbons (Fsp3) is 0.364. The molecular formula is C11H12NO2. The maximum Gasteiger partial charge on any atom is 0.414 e. The third-order valence-corrected chi connectivity index (χ3v) is 2.28. The van der Waals surface area contributed by atoms with Crippen molar-refractivity contribution in [2.24, 2.45) is 0 Å². The lowest BCUT2D eigenvalue weighted by Crippen LogP contribution is -2.29. The van der Waals surface area contributed by atoms with Crippen LogP contribution in [-0.2, 0) is 11.2 Å². The van der Waals surface area contributed by atoms with Crippen molar-refractivity contribution >= 4 is 11.8 Å². The van der Waals surface area contributed by atoms with E-state index in [1.54, 1.807) is 4.90 Å². The van der Waals surface area contributed by atoms with Crippen LogP contribution < -0.4 is 4.90 Å². The third kappa shape index (κ3) is 1.45. The molecule has 0 aromatic heterocycles. The number of rotatable bonds is 1. The third-order valence-electron chi connectivity index (χ3n) is 2.28. The first-order valence-corrected chi connectivity index (χ1v) is 4.77. The summed E-state index contributed by atoms with van der Waals surface area (Å²) in [6.07, 6.45) is 0.612. The minimum absolute atomic E-state index is 0.258. The average molecular weight is 190 g/mol. The van der Waals surface area contributed by atoms with Gasteiger partial charge in [0.05, 0.1) is 12.3 Å². The van der Waals surface area contributed by atoms with Gasteiger partial charge in [-0.25, -0.2) is 4.79 Å². The number of nitrogens with zero attached hydrogens (tertiary/aromatic N) is 1. The summed E-state index contributed by atoms with van der Waals surface area (Å²) in [6.45, 7) is 2.93. The smallest absolute Gasteiger partial charge is 0.414 e. The van der Waals surface area contributed by atoms with Gasteiger partial charge in [-0.2, -0.15) is 0 Å². The molecule has 0 aliphatic carbocycles. The van der Waals surface area contributed by atoms with Crippen molar-refractivity contribution in [1.29, 1.82) is 0 Å². The first-order valence-electron chi connectivity index (χ1n) is 4.77. The molecule has 1 aromatic rings. The zero-order valence-electron chi connectivity index (χ0n) is 8.12. The fourth-order valence-corrected chi connectivity index (χ4v) is 1.65. The summed E-state index contributed by atoms with van der Waals surface area (Å²) in [5.74, 6) is 0. The Kier molecular flexibility index (Phi) is 2.39. The van der Waals surface area contributed by atoms with Gasteiger partial charge in [-0.05, 0) is 31.0 Å². The predicted octanol–water partition coefficient (Wildman–Crippen LogP) is 2.01. The maximum atomic E-state index is 11.5. The average Bonchev–Trinajstić information content (AvgIpc) is 2.61. The number of carbonyl (C=O) groups is 1. The van der Waals surface area contributed by atoms with E-state index in [-0.39, 0.29) is 6.09 Å². The Labute approximate surface area is 83.3 Å². The van der Waals surface area contributed by atoms with Crippen LogP contribution in [0.2, 0.25) is 0 Å². The van der Waals surface area contributed by atoms with E-state index in [0.717, 1.165) is 17.7 Å². The molecule has 14 heavy (non-hydrogen) atoms. The number of ether oxygens (including phenoxy) is 1. The SMILES string of the molecule is CCOC(=O)N1CCc2[c]cccc21. The Morgan fingerprint density at radius 3 is 3.36 bits per heavy atom. The van der Waals surface area contributed by atoms with Crippen LogP contribution in [0, 0.1) is 6.07 Å². The zero-order valence-corrected chi connectivity index (χ0v) is 8.12. The molecule has 3 nitrogen and oxygen atoms in total. The highest BCUT2D eigenvalue weighted by Crippen LogP contribution is 2.27. The van der Waals surface area contributed by atoms with Crippen LogP contribution in [0.3, 0.4) is 0 Å². The lowest BCUT2D eigenvalue weighted by molar-refractivity contribution is 0.160. The predicted molar refractivity (Wildman–Crippen MR) is 53.4 cm³/mol. The van der Waals surface area contributed by atoms with Gasteiger partial charge in [-0.3, -0.25) is 4.90 Å². The van der Waals surface area contributed by atoms with Gasteiger partial charge < -0.3 is 4.74 Å². The van der Waals surface area contributed by atoms with Crippen molar-refractivity contribution in [2.45, 2.75) is 13.3 Å². The summed E-state index contributed by atoms with van der Waals surface area (Å²) in [7, 11) is 0. The molecule has 1 amide bonds. The highest BCUT2D eigenvalue weighted by atomic mass is 16.6. The van der Waals surface area contributed by atoms with Crippen molar-refractivity contribution in [3.05, 3.63) is 29.8 Å². The molecule has 0 bridgehead atoms. The highest BCUT2D eigenvalue weighted by Gasteiger charge is 2.24. The second-order valence-electron chi connectivity index (χ2n) is 3.13. The summed E-state index contributed by atoms with van der Waals surface area (Å²) in [5.41, 5.74) is 2.03. The van der Waals surface area contributed by atoms with Gasteiger partial charge in [0.2, 0.25) is 0 Å². The second kappa shape index (κ2) is 3.70. The van der Waals surface area contributed by atoms with E-state index in [2.05, 4.69) is 6.07 Å². The molecule has 1 aliphatic heterocycles. The van der Waals surface area contributed by atoms with Gasteiger partial charge in [0, 0.05) is 6.54 Å². The fourth-order valence-electron chi connectivity index (χ4n) is 1.65. The monoisotopic (exact) mass is 190 g/mol. The number of hydrogen-bond donors (Lipinski definition) is 0. The van der Waals surface area contributed by atoms with Crippen molar-refractivity contribution < 1.29 is 9.53 Å². The van der Waals surface area contributed by atoms with E-state index in [1.807, 2.05) is 25.1 Å². The standard InChI is InChI=1S/C11H12NO2/c1-2-14-11(13)12-8-7-9-5-3-4-6-10(9)12/h3-4,6H,2,7-8H2,1H3. The first-order chi connectivity index (χ1) is 6.83. The van der Waals surface area contributed by atoms with Gasteiger partial charge >= 0.3 is 6.09 Å². The highest BCUT2D eigenvalue weighted by molar-refractivity contribution is 5.90. The molecule has 0 spiro atoms. The van der Waals surface area contributed by atoms with Gasteiger partial charge in [0.25, 0.3) is 0 Å². The minimum Gasteiger partial charge on any atom is -0.449 e. The first kappa shape index (κ1) is 9.06. The topological polar surface area (TPSA) is 29.5 Å². The summed E-state index contributed by atoms with van der Waals surface area (Å²) in [4.78, 5) is 13.2. The molecule has 0 fully saturated rings. The number of benzene rings is 1. The molecule has 1 aromatic carbocycles. The van der Waals surface area contributed by atoms with E-state index in [0.29, 0.717) is 13.2 Å². The second-order valence-corrected chi connectivity index (χ2v) is 3.13. The minimum atomic E-state index is -0.258. The van der Waals surface area contributed by atoms with Crippen LogP contribution >= 0.6 is 0 Å². The number of carbonyl (C=O) groups excluding carboxylic acids is 1. The number of fused-ring (bicyclic) bond motifs is 1. The summed E-state index contributed by atoms with van der Waals surface area (Å²) in [6, 6.07) is 8.81. The van der Waals surface area contributed by atoms with Crippen molar-refractivity contribution in [1.82, 2.24) is 0 Å². The number of anilines is 1. The number of amides is 1.